The van der Waals surface area contributed by atoms with Gasteiger partial charge in [-0.05, 0) is 104 Å². The lowest BCUT2D eigenvalue weighted by Gasteiger charge is -2.30. The van der Waals surface area contributed by atoms with Gasteiger partial charge in [-0.25, -0.2) is 18.1 Å². The second kappa shape index (κ2) is 16.6. The van der Waals surface area contributed by atoms with Gasteiger partial charge in [0.25, 0.3) is 11.8 Å². The Bertz CT molecular complexity index is 2230. The molecule has 4 aromatic rings. The van der Waals surface area contributed by atoms with Gasteiger partial charge in [0.15, 0.2) is 0 Å². The Hall–Kier alpha value is -4.60. The molecule has 0 atom stereocenters. The topological polar surface area (TPSA) is 122 Å². The number of carbonyl (C=O) groups excluding carboxylic acids is 2. The van der Waals surface area contributed by atoms with Gasteiger partial charge in [0.2, 0.25) is 0 Å². The van der Waals surface area contributed by atoms with E-state index in [9.17, 15) is 9.59 Å². The summed E-state index contributed by atoms with van der Waals surface area (Å²) in [7, 11) is 0. The smallest absolute Gasteiger partial charge is 0.251 e. The first-order chi connectivity index (χ1) is 27.5. The van der Waals surface area contributed by atoms with Gasteiger partial charge in [-0.3, -0.25) is 9.59 Å². The summed E-state index contributed by atoms with van der Waals surface area (Å²) in [6, 6.07) is 6.71. The number of primary amides is 2. The molecule has 0 spiro atoms. The summed E-state index contributed by atoms with van der Waals surface area (Å²) < 4.78 is 33.8. The standard InChI is InChI=1S/C24H32FN3O.C24H30FN3O/c2*1-15-19-9-10-24(2,3)14-21(19)28(27-15)18-12-17(11-16-7-5-4-6-8-16)22(23(26)29)20(25)13-18/h12-13,16H,4-11,14H2,1-3H3,(H2,26,29);9-10,12-13,16H,4-8,11,14H2,1-3H3,(H2,26,29). The molecule has 310 valence electrons. The second-order valence-corrected chi connectivity index (χ2v) is 19.2. The Kier molecular flexibility index (Phi) is 11.9. The molecule has 0 radical (unpaired) electrons. The van der Waals surface area contributed by atoms with E-state index in [2.05, 4.69) is 39.8 Å². The number of fused-ring (bicyclic) bond motifs is 2. The predicted molar refractivity (Wildman–Crippen MR) is 226 cm³/mol. The van der Waals surface area contributed by atoms with Crippen LogP contribution in [0.3, 0.4) is 0 Å². The molecule has 4 N–H and O–H groups in total. The Morgan fingerprint density at radius 2 is 1.19 bits per heavy atom. The molecule has 0 unspecified atom stereocenters. The summed E-state index contributed by atoms with van der Waals surface area (Å²) in [5.74, 6) is -1.48. The average Bonchev–Trinajstić information content (AvgIpc) is 3.65. The van der Waals surface area contributed by atoms with E-state index in [-0.39, 0.29) is 22.0 Å². The number of carbonyl (C=O) groups is 2. The Labute approximate surface area is 342 Å². The lowest BCUT2D eigenvalue weighted by Crippen LogP contribution is -2.24. The number of allylic oxidation sites excluding steroid dienone is 1. The van der Waals surface area contributed by atoms with E-state index in [0.29, 0.717) is 41.6 Å². The third-order valence-corrected chi connectivity index (χ3v) is 13.3. The first-order valence-electron chi connectivity index (χ1n) is 21.6. The second-order valence-electron chi connectivity index (χ2n) is 19.2. The minimum atomic E-state index is -0.692. The fraction of sp³-hybridized carbons (Fsp3) is 0.542. The molecule has 58 heavy (non-hydrogen) atoms. The Balaban J connectivity index is 0.000000177. The summed E-state index contributed by atoms with van der Waals surface area (Å²) in [5, 5.41) is 9.48. The molecule has 0 bridgehead atoms. The van der Waals surface area contributed by atoms with E-state index in [4.69, 9.17) is 21.7 Å². The zero-order valence-corrected chi connectivity index (χ0v) is 35.4. The molecular weight excluding hydrogens is 731 g/mol. The number of halogens is 2. The zero-order chi connectivity index (χ0) is 41.5. The van der Waals surface area contributed by atoms with Crippen LogP contribution in [0, 0.1) is 48.1 Å². The number of aryl methyl sites for hydroxylation is 2. The van der Waals surface area contributed by atoms with E-state index < -0.39 is 23.4 Å². The van der Waals surface area contributed by atoms with E-state index in [1.807, 2.05) is 35.3 Å². The fourth-order valence-corrected chi connectivity index (χ4v) is 10.1. The summed E-state index contributed by atoms with van der Waals surface area (Å²) in [6.07, 6.45) is 21.5. The van der Waals surface area contributed by atoms with E-state index in [0.717, 1.165) is 79.6 Å². The first kappa shape index (κ1) is 41.6. The number of hydrogen-bond acceptors (Lipinski definition) is 4. The number of aromatic nitrogens is 4. The van der Waals surface area contributed by atoms with E-state index >= 15 is 8.78 Å². The van der Waals surface area contributed by atoms with Crippen molar-refractivity contribution in [3.8, 4) is 11.4 Å². The molecule has 10 heteroatoms. The number of hydrogen-bond donors (Lipinski definition) is 2. The molecule has 2 saturated carbocycles. The van der Waals surface area contributed by atoms with E-state index in [1.165, 1.54) is 61.9 Å². The van der Waals surface area contributed by atoms with Crippen molar-refractivity contribution in [1.29, 1.82) is 0 Å². The van der Waals surface area contributed by atoms with Crippen LogP contribution in [-0.2, 0) is 32.1 Å². The molecule has 4 aliphatic carbocycles. The number of nitrogens with two attached hydrogens (primary N) is 2. The van der Waals surface area contributed by atoms with Gasteiger partial charge in [0, 0.05) is 23.4 Å². The van der Waals surface area contributed by atoms with Gasteiger partial charge >= 0.3 is 0 Å². The van der Waals surface area contributed by atoms with Gasteiger partial charge < -0.3 is 11.5 Å². The van der Waals surface area contributed by atoms with Crippen molar-refractivity contribution >= 4 is 17.9 Å². The van der Waals surface area contributed by atoms with Crippen LogP contribution in [0.1, 0.15) is 164 Å². The Morgan fingerprint density at radius 3 is 1.69 bits per heavy atom. The highest BCUT2D eigenvalue weighted by Crippen LogP contribution is 2.39. The highest BCUT2D eigenvalue weighted by molar-refractivity contribution is 5.95. The van der Waals surface area contributed by atoms with Crippen molar-refractivity contribution < 1.29 is 18.4 Å². The molecule has 2 aromatic carbocycles. The monoisotopic (exact) mass is 792 g/mol. The van der Waals surface area contributed by atoms with Crippen LogP contribution in [0.2, 0.25) is 0 Å². The SMILES string of the molecule is Cc1nn(-c2cc(F)c(C(N)=O)c(CC3CCCCC3)c2)c2c1C=CC(C)(C)C2.Cc1nn(-c2cc(F)c(C(N)=O)c(CC3CCCCC3)c2)c2c1CCC(C)(C)C2. The molecule has 4 aliphatic rings. The Morgan fingerprint density at radius 1 is 0.707 bits per heavy atom. The first-order valence-corrected chi connectivity index (χ1v) is 21.6. The summed E-state index contributed by atoms with van der Waals surface area (Å²) in [6.45, 7) is 12.9. The molecule has 0 aliphatic heterocycles. The van der Waals surface area contributed by atoms with Crippen LogP contribution >= 0.6 is 0 Å². The van der Waals surface area contributed by atoms with Crippen LogP contribution in [0.25, 0.3) is 17.5 Å². The molecular formula is C48H62F2N6O2. The minimum absolute atomic E-state index is 0.0217. The third-order valence-electron chi connectivity index (χ3n) is 13.3. The summed E-state index contributed by atoms with van der Waals surface area (Å²) in [5.41, 5.74) is 20.9. The number of rotatable bonds is 8. The average molecular weight is 793 g/mol. The third kappa shape index (κ3) is 8.86. The molecule has 2 fully saturated rings. The molecule has 8 nitrogen and oxygen atoms in total. The predicted octanol–water partition coefficient (Wildman–Crippen LogP) is 10.2. The fourth-order valence-electron chi connectivity index (χ4n) is 10.1. The van der Waals surface area contributed by atoms with Crippen LogP contribution in [0.5, 0.6) is 0 Å². The maximum Gasteiger partial charge on any atom is 0.251 e. The van der Waals surface area contributed by atoms with Crippen molar-refractivity contribution in [2.24, 2.45) is 34.1 Å². The highest BCUT2D eigenvalue weighted by Gasteiger charge is 2.32. The number of benzene rings is 2. The lowest BCUT2D eigenvalue weighted by molar-refractivity contribution is 0.0986. The molecule has 0 saturated heterocycles. The maximum atomic E-state index is 15.1. The van der Waals surface area contributed by atoms with E-state index in [1.54, 1.807) is 0 Å². The van der Waals surface area contributed by atoms with Crippen molar-refractivity contribution in [3.05, 3.63) is 98.1 Å². The van der Waals surface area contributed by atoms with Crippen LogP contribution in [-0.4, -0.2) is 31.4 Å². The van der Waals surface area contributed by atoms with Crippen molar-refractivity contribution in [2.45, 2.75) is 144 Å². The molecule has 2 heterocycles. The van der Waals surface area contributed by atoms with Crippen LogP contribution < -0.4 is 11.5 Å². The van der Waals surface area contributed by atoms with Crippen LogP contribution in [0.15, 0.2) is 30.3 Å². The van der Waals surface area contributed by atoms with Crippen molar-refractivity contribution in [1.82, 2.24) is 19.6 Å². The minimum Gasteiger partial charge on any atom is -0.365 e. The normalized spacial score (nSPS) is 18.9. The summed E-state index contributed by atoms with van der Waals surface area (Å²) in [4.78, 5) is 24.0. The number of nitrogens with zero attached hydrogens (tertiary/aromatic N) is 4. The maximum absolute atomic E-state index is 15.1. The highest BCUT2D eigenvalue weighted by atomic mass is 19.1. The van der Waals surface area contributed by atoms with Crippen molar-refractivity contribution in [2.75, 3.05) is 0 Å². The quantitative estimate of drug-likeness (QED) is 0.184. The molecule has 2 aromatic heterocycles. The van der Waals surface area contributed by atoms with Gasteiger partial charge in [0.05, 0.1) is 39.6 Å². The molecule has 2 amide bonds. The molecule has 8 rings (SSSR count). The zero-order valence-electron chi connectivity index (χ0n) is 35.4. The lowest BCUT2D eigenvalue weighted by atomic mass is 9.76. The van der Waals surface area contributed by atoms with Gasteiger partial charge in [-0.1, -0.05) is 104 Å². The van der Waals surface area contributed by atoms with Gasteiger partial charge in [-0.15, -0.1) is 0 Å². The summed E-state index contributed by atoms with van der Waals surface area (Å²) >= 11 is 0. The largest absolute Gasteiger partial charge is 0.365 e. The van der Waals surface area contributed by atoms with Crippen LogP contribution in [0.4, 0.5) is 8.78 Å². The van der Waals surface area contributed by atoms with Crippen molar-refractivity contribution in [3.63, 3.8) is 0 Å². The van der Waals surface area contributed by atoms with Gasteiger partial charge in [-0.2, -0.15) is 10.2 Å². The number of amides is 2. The van der Waals surface area contributed by atoms with Gasteiger partial charge in [0.1, 0.15) is 11.6 Å².